The molecule has 9 heteroatoms. The number of halogens is 5. The zero-order chi connectivity index (χ0) is 18.0. The van der Waals surface area contributed by atoms with Gasteiger partial charge in [0.05, 0.1) is 22.8 Å². The molecule has 1 aromatic carbocycles. The highest BCUT2D eigenvalue weighted by Gasteiger charge is 2.31. The summed E-state index contributed by atoms with van der Waals surface area (Å²) in [5.74, 6) is 0.157. The summed E-state index contributed by atoms with van der Waals surface area (Å²) in [7, 11) is 0. The molecule has 0 saturated heterocycles. The monoisotopic (exact) mass is 389 g/mol. The number of hydrogen-bond acceptors (Lipinski definition) is 4. The summed E-state index contributed by atoms with van der Waals surface area (Å²) in [6, 6.07) is 8.10. The minimum atomic E-state index is -4.48. The second kappa shape index (κ2) is 7.09. The van der Waals surface area contributed by atoms with E-state index in [0.717, 1.165) is 17.8 Å². The zero-order valence-electron chi connectivity index (χ0n) is 12.6. The lowest BCUT2D eigenvalue weighted by atomic mass is 10.1. The highest BCUT2D eigenvalue weighted by atomic mass is 35.5. The number of oxime groups is 1. The average molecular weight is 390 g/mol. The maximum atomic E-state index is 12.6. The predicted molar refractivity (Wildman–Crippen MR) is 90.2 cm³/mol. The molecule has 1 atom stereocenters. The van der Waals surface area contributed by atoms with E-state index >= 15 is 0 Å². The van der Waals surface area contributed by atoms with Gasteiger partial charge in [-0.15, -0.1) is 0 Å². The van der Waals surface area contributed by atoms with Crippen molar-refractivity contribution in [3.8, 4) is 0 Å². The first-order valence-electron chi connectivity index (χ1n) is 7.29. The van der Waals surface area contributed by atoms with Crippen molar-refractivity contribution >= 4 is 34.7 Å². The van der Waals surface area contributed by atoms with Gasteiger partial charge in [0.15, 0.2) is 0 Å². The maximum absolute atomic E-state index is 12.6. The van der Waals surface area contributed by atoms with Gasteiger partial charge in [0.2, 0.25) is 0 Å². The Kier molecular flexibility index (Phi) is 5.06. The highest BCUT2D eigenvalue weighted by molar-refractivity contribution is 6.34. The number of benzene rings is 1. The van der Waals surface area contributed by atoms with Crippen LogP contribution < -0.4 is 5.32 Å². The molecule has 0 spiro atoms. The molecule has 3 rings (SSSR count). The first-order chi connectivity index (χ1) is 11.8. The van der Waals surface area contributed by atoms with Crippen LogP contribution in [0.3, 0.4) is 0 Å². The third-order valence-electron chi connectivity index (χ3n) is 3.58. The fourth-order valence-electron chi connectivity index (χ4n) is 2.33. The molecule has 25 heavy (non-hydrogen) atoms. The van der Waals surface area contributed by atoms with Gasteiger partial charge in [-0.25, -0.2) is 4.98 Å². The van der Waals surface area contributed by atoms with Gasteiger partial charge in [0.1, 0.15) is 11.9 Å². The van der Waals surface area contributed by atoms with E-state index in [2.05, 4.69) is 15.5 Å². The van der Waals surface area contributed by atoms with Crippen molar-refractivity contribution in [1.82, 2.24) is 4.98 Å². The SMILES string of the molecule is FC(F)(F)c1cnc(NC[C@H]2CC(c3ccccc3Cl)=NO2)c(Cl)c1. The van der Waals surface area contributed by atoms with E-state index < -0.39 is 11.7 Å². The Hall–Kier alpha value is -1.99. The summed E-state index contributed by atoms with van der Waals surface area (Å²) < 4.78 is 37.8. The first-order valence-corrected chi connectivity index (χ1v) is 8.04. The molecule has 1 aliphatic heterocycles. The molecule has 0 bridgehead atoms. The van der Waals surface area contributed by atoms with Crippen LogP contribution in [0, 0.1) is 0 Å². The number of nitrogens with one attached hydrogen (secondary N) is 1. The van der Waals surface area contributed by atoms with Gasteiger partial charge in [0, 0.05) is 23.2 Å². The van der Waals surface area contributed by atoms with E-state index in [1.54, 1.807) is 6.07 Å². The van der Waals surface area contributed by atoms with Crippen molar-refractivity contribution in [2.75, 3.05) is 11.9 Å². The zero-order valence-corrected chi connectivity index (χ0v) is 14.2. The number of alkyl halides is 3. The largest absolute Gasteiger partial charge is 0.417 e. The second-order valence-corrected chi connectivity index (χ2v) is 6.20. The van der Waals surface area contributed by atoms with E-state index in [4.69, 9.17) is 28.0 Å². The topological polar surface area (TPSA) is 46.5 Å². The van der Waals surface area contributed by atoms with Crippen LogP contribution in [0.15, 0.2) is 41.7 Å². The van der Waals surface area contributed by atoms with Crippen LogP contribution in [0.5, 0.6) is 0 Å². The van der Waals surface area contributed by atoms with Gasteiger partial charge in [0.25, 0.3) is 0 Å². The predicted octanol–water partition coefficient (Wildman–Crippen LogP) is 5.01. The molecule has 2 aromatic rings. The second-order valence-electron chi connectivity index (χ2n) is 5.38. The maximum Gasteiger partial charge on any atom is 0.417 e. The third kappa shape index (κ3) is 4.16. The molecule has 132 valence electrons. The Labute approximate surface area is 151 Å². The van der Waals surface area contributed by atoms with E-state index in [0.29, 0.717) is 17.2 Å². The lowest BCUT2D eigenvalue weighted by molar-refractivity contribution is -0.137. The van der Waals surface area contributed by atoms with Crippen LogP contribution in [0.4, 0.5) is 19.0 Å². The van der Waals surface area contributed by atoms with E-state index in [9.17, 15) is 13.2 Å². The quantitative estimate of drug-likeness (QED) is 0.798. The highest BCUT2D eigenvalue weighted by Crippen LogP contribution is 2.32. The van der Waals surface area contributed by atoms with Crippen molar-refractivity contribution < 1.29 is 18.0 Å². The molecule has 0 fully saturated rings. The summed E-state index contributed by atoms with van der Waals surface area (Å²) in [5.41, 5.74) is 0.603. The Bertz CT molecular complexity index is 811. The Balaban J connectivity index is 1.60. The van der Waals surface area contributed by atoms with Crippen molar-refractivity contribution in [2.24, 2.45) is 5.16 Å². The molecule has 0 radical (unpaired) electrons. The molecule has 0 saturated carbocycles. The molecule has 2 heterocycles. The lowest BCUT2D eigenvalue weighted by Gasteiger charge is -2.13. The van der Waals surface area contributed by atoms with Crippen molar-refractivity contribution in [1.29, 1.82) is 0 Å². The minimum absolute atomic E-state index is 0.111. The van der Waals surface area contributed by atoms with Crippen LogP contribution in [-0.2, 0) is 11.0 Å². The Morgan fingerprint density at radius 3 is 2.64 bits per heavy atom. The van der Waals surface area contributed by atoms with Crippen LogP contribution in [-0.4, -0.2) is 23.3 Å². The average Bonchev–Trinajstić information content (AvgIpc) is 3.02. The number of aromatic nitrogens is 1. The molecule has 4 nitrogen and oxygen atoms in total. The Morgan fingerprint density at radius 1 is 1.20 bits per heavy atom. The van der Waals surface area contributed by atoms with Crippen LogP contribution in [0.1, 0.15) is 17.5 Å². The summed E-state index contributed by atoms with van der Waals surface area (Å²) in [5, 5.41) is 7.36. The summed E-state index contributed by atoms with van der Waals surface area (Å²) >= 11 is 12.0. The van der Waals surface area contributed by atoms with Crippen molar-refractivity contribution in [3.63, 3.8) is 0 Å². The van der Waals surface area contributed by atoms with E-state index in [1.807, 2.05) is 18.2 Å². The lowest BCUT2D eigenvalue weighted by Crippen LogP contribution is -2.21. The molecule has 0 amide bonds. The van der Waals surface area contributed by atoms with Gasteiger partial charge >= 0.3 is 6.18 Å². The number of anilines is 1. The molecule has 1 aromatic heterocycles. The van der Waals surface area contributed by atoms with Crippen molar-refractivity contribution in [2.45, 2.75) is 18.7 Å². The third-order valence-corrected chi connectivity index (χ3v) is 4.20. The van der Waals surface area contributed by atoms with Gasteiger partial charge in [-0.05, 0) is 12.1 Å². The normalized spacial score (nSPS) is 17.2. The summed E-state index contributed by atoms with van der Waals surface area (Å²) in [6.07, 6.45) is -3.54. The summed E-state index contributed by atoms with van der Waals surface area (Å²) in [6.45, 7) is 0.287. The molecule has 0 unspecified atom stereocenters. The standard InChI is InChI=1S/C16H12Cl2F3N3O/c17-12-4-2-1-3-11(12)14-6-10(25-24-14)8-23-15-13(18)5-9(7-22-15)16(19,20)21/h1-5,7,10H,6,8H2,(H,22,23)/t10-/m1/s1. The van der Waals surface area contributed by atoms with Gasteiger partial charge in [-0.3, -0.25) is 0 Å². The number of nitrogens with zero attached hydrogens (tertiary/aromatic N) is 2. The molecule has 1 aliphatic rings. The fourth-order valence-corrected chi connectivity index (χ4v) is 2.80. The minimum Gasteiger partial charge on any atom is -0.390 e. The molecular formula is C16H12Cl2F3N3O. The number of hydrogen-bond donors (Lipinski definition) is 1. The van der Waals surface area contributed by atoms with Crippen LogP contribution >= 0.6 is 23.2 Å². The summed E-state index contributed by atoms with van der Waals surface area (Å²) in [4.78, 5) is 9.05. The number of rotatable bonds is 4. The van der Waals surface area contributed by atoms with Crippen molar-refractivity contribution in [3.05, 3.63) is 57.7 Å². The molecule has 0 aliphatic carbocycles. The van der Waals surface area contributed by atoms with E-state index in [-0.39, 0.29) is 23.5 Å². The fraction of sp³-hybridized carbons (Fsp3) is 0.250. The van der Waals surface area contributed by atoms with Gasteiger partial charge in [-0.1, -0.05) is 46.6 Å². The smallest absolute Gasteiger partial charge is 0.390 e. The molecule has 1 N–H and O–H groups in total. The Morgan fingerprint density at radius 2 is 1.96 bits per heavy atom. The number of pyridine rings is 1. The van der Waals surface area contributed by atoms with Crippen LogP contribution in [0.25, 0.3) is 0 Å². The van der Waals surface area contributed by atoms with Gasteiger partial charge in [-0.2, -0.15) is 13.2 Å². The van der Waals surface area contributed by atoms with Crippen LogP contribution in [0.2, 0.25) is 10.0 Å². The molecular weight excluding hydrogens is 378 g/mol. The van der Waals surface area contributed by atoms with Gasteiger partial charge < -0.3 is 10.2 Å². The van der Waals surface area contributed by atoms with E-state index in [1.165, 1.54) is 0 Å². The first kappa shape index (κ1) is 17.8.